The Kier molecular flexibility index (Phi) is 5.54. The minimum absolute atomic E-state index is 0.366. The van der Waals surface area contributed by atoms with Crippen molar-refractivity contribution in [3.63, 3.8) is 0 Å². The summed E-state index contributed by atoms with van der Waals surface area (Å²) >= 11 is 0. The van der Waals surface area contributed by atoms with Crippen LogP contribution in [0.2, 0.25) is 0 Å². The highest BCUT2D eigenvalue weighted by molar-refractivity contribution is 5.93. The number of amides is 1. The summed E-state index contributed by atoms with van der Waals surface area (Å²) < 4.78 is 31.7. The van der Waals surface area contributed by atoms with Crippen molar-refractivity contribution in [3.05, 3.63) is 24.0 Å². The van der Waals surface area contributed by atoms with E-state index in [2.05, 4.69) is 10.2 Å². The van der Waals surface area contributed by atoms with Gasteiger partial charge >= 0.3 is 12.1 Å². The number of aliphatic carboxylic acids is 1. The van der Waals surface area contributed by atoms with Crippen molar-refractivity contribution in [2.24, 2.45) is 5.84 Å². The van der Waals surface area contributed by atoms with Crippen LogP contribution in [0.5, 0.6) is 0 Å². The Balaban J connectivity index is 0.000000325. The summed E-state index contributed by atoms with van der Waals surface area (Å²) in [5.41, 5.74) is 2.38. The summed E-state index contributed by atoms with van der Waals surface area (Å²) in [6.45, 7) is 0. The van der Waals surface area contributed by atoms with E-state index in [1.165, 1.54) is 18.5 Å². The molecule has 0 aliphatic heterocycles. The number of nitrogens with one attached hydrogen (secondary N) is 1. The van der Waals surface area contributed by atoms with Crippen molar-refractivity contribution in [2.75, 3.05) is 0 Å². The third-order valence-corrected chi connectivity index (χ3v) is 1.22. The van der Waals surface area contributed by atoms with Crippen molar-refractivity contribution in [3.8, 4) is 0 Å². The van der Waals surface area contributed by atoms with Gasteiger partial charge in [0.15, 0.2) is 0 Å². The number of nitrogens with zero attached hydrogens (tertiary/aromatic N) is 2. The number of hydrogen-bond donors (Lipinski definition) is 3. The van der Waals surface area contributed by atoms with Gasteiger partial charge in [-0.25, -0.2) is 10.6 Å². The molecule has 0 atom stereocenters. The number of hydrogen-bond acceptors (Lipinski definition) is 5. The second-order valence-corrected chi connectivity index (χ2v) is 2.41. The maximum atomic E-state index is 10.7. The third kappa shape index (κ3) is 6.04. The van der Waals surface area contributed by atoms with E-state index in [1.54, 1.807) is 0 Å². The average Bonchev–Trinajstić information content (AvgIpc) is 2.28. The predicted molar refractivity (Wildman–Crippen MR) is 47.4 cm³/mol. The molecule has 0 aliphatic carbocycles. The number of carboxylic acid groups (broad SMARTS) is 1. The maximum Gasteiger partial charge on any atom is 0.490 e. The Morgan fingerprint density at radius 1 is 1.35 bits per heavy atom. The molecule has 0 spiro atoms. The summed E-state index contributed by atoms with van der Waals surface area (Å²) in [6.07, 6.45) is -2.33. The zero-order valence-corrected chi connectivity index (χ0v) is 8.10. The lowest BCUT2D eigenvalue weighted by Gasteiger charge is -1.94. The molecule has 1 aromatic heterocycles. The minimum Gasteiger partial charge on any atom is -0.475 e. The first-order valence-electron chi connectivity index (χ1n) is 3.86. The SMILES string of the molecule is NNC(=O)c1ccnnc1.O=C(O)C(F)(F)F. The van der Waals surface area contributed by atoms with E-state index >= 15 is 0 Å². The monoisotopic (exact) mass is 252 g/mol. The Hall–Kier alpha value is -2.23. The van der Waals surface area contributed by atoms with Gasteiger partial charge in [0.2, 0.25) is 0 Å². The highest BCUT2D eigenvalue weighted by Gasteiger charge is 2.38. The van der Waals surface area contributed by atoms with Crippen LogP contribution in [0, 0.1) is 0 Å². The van der Waals surface area contributed by atoms with Gasteiger partial charge in [-0.3, -0.25) is 10.2 Å². The van der Waals surface area contributed by atoms with Gasteiger partial charge in [-0.05, 0) is 6.07 Å². The molecule has 10 heteroatoms. The molecule has 7 nitrogen and oxygen atoms in total. The molecular formula is C7H7F3N4O3. The Labute approximate surface area is 92.4 Å². The van der Waals surface area contributed by atoms with Gasteiger partial charge in [0.25, 0.3) is 5.91 Å². The standard InChI is InChI=1S/C5H6N4O.C2HF3O2/c6-9-5(10)4-1-2-7-8-3-4;3-2(4,5)1(6)7/h1-3H,6H2,(H,9,10);(H,6,7). The lowest BCUT2D eigenvalue weighted by Crippen LogP contribution is -2.30. The Bertz CT molecular complexity index is 382. The van der Waals surface area contributed by atoms with E-state index in [0.29, 0.717) is 5.56 Å². The van der Waals surface area contributed by atoms with Crippen LogP contribution in [0.3, 0.4) is 0 Å². The summed E-state index contributed by atoms with van der Waals surface area (Å²) in [7, 11) is 0. The quantitative estimate of drug-likeness (QED) is 0.359. The highest BCUT2D eigenvalue weighted by Crippen LogP contribution is 2.13. The lowest BCUT2D eigenvalue weighted by molar-refractivity contribution is -0.192. The number of carbonyl (C=O) groups excluding carboxylic acids is 1. The Morgan fingerprint density at radius 2 is 1.88 bits per heavy atom. The van der Waals surface area contributed by atoms with Crippen LogP contribution >= 0.6 is 0 Å². The van der Waals surface area contributed by atoms with Crippen LogP contribution in [0.15, 0.2) is 18.5 Å². The minimum atomic E-state index is -5.08. The zero-order chi connectivity index (χ0) is 13.5. The molecule has 0 unspecified atom stereocenters. The normalized spacial score (nSPS) is 9.88. The third-order valence-electron chi connectivity index (χ3n) is 1.22. The molecule has 1 aromatic rings. The number of nitrogens with two attached hydrogens (primary N) is 1. The van der Waals surface area contributed by atoms with Gasteiger partial charge in [0.05, 0.1) is 18.0 Å². The number of halogens is 3. The molecule has 0 saturated heterocycles. The molecular weight excluding hydrogens is 245 g/mol. The van der Waals surface area contributed by atoms with Crippen LogP contribution in [-0.2, 0) is 4.79 Å². The number of alkyl halides is 3. The zero-order valence-electron chi connectivity index (χ0n) is 8.10. The van der Waals surface area contributed by atoms with Crippen LogP contribution in [0.25, 0.3) is 0 Å². The van der Waals surface area contributed by atoms with Crippen molar-refractivity contribution in [1.82, 2.24) is 15.6 Å². The number of aromatic nitrogens is 2. The van der Waals surface area contributed by atoms with Gasteiger partial charge in [-0.15, -0.1) is 0 Å². The molecule has 0 bridgehead atoms. The van der Waals surface area contributed by atoms with E-state index in [0.717, 1.165) is 0 Å². The number of hydrazine groups is 1. The fraction of sp³-hybridized carbons (Fsp3) is 0.143. The van der Waals surface area contributed by atoms with Crippen molar-refractivity contribution >= 4 is 11.9 Å². The van der Waals surface area contributed by atoms with Crippen molar-refractivity contribution in [2.45, 2.75) is 6.18 Å². The van der Waals surface area contributed by atoms with Gasteiger partial charge < -0.3 is 5.11 Å². The summed E-state index contributed by atoms with van der Waals surface area (Å²) in [5.74, 6) is 1.73. The first-order chi connectivity index (χ1) is 7.79. The average molecular weight is 252 g/mol. The summed E-state index contributed by atoms with van der Waals surface area (Å²) in [6, 6.07) is 1.52. The lowest BCUT2D eigenvalue weighted by atomic mass is 10.3. The molecule has 0 saturated carbocycles. The van der Waals surface area contributed by atoms with Crippen molar-refractivity contribution in [1.29, 1.82) is 0 Å². The molecule has 1 amide bonds. The predicted octanol–water partition coefficient (Wildman–Crippen LogP) is -0.287. The summed E-state index contributed by atoms with van der Waals surface area (Å²) in [4.78, 5) is 19.6. The van der Waals surface area contributed by atoms with E-state index < -0.39 is 12.1 Å². The van der Waals surface area contributed by atoms with Crippen LogP contribution < -0.4 is 11.3 Å². The van der Waals surface area contributed by atoms with Crippen LogP contribution in [0.1, 0.15) is 10.4 Å². The number of carboxylic acids is 1. The molecule has 1 heterocycles. The second-order valence-electron chi connectivity index (χ2n) is 2.41. The van der Waals surface area contributed by atoms with E-state index in [4.69, 9.17) is 15.7 Å². The van der Waals surface area contributed by atoms with E-state index in [9.17, 15) is 18.0 Å². The first kappa shape index (κ1) is 14.8. The molecule has 0 fully saturated rings. The van der Waals surface area contributed by atoms with Crippen molar-refractivity contribution < 1.29 is 27.9 Å². The topological polar surface area (TPSA) is 118 Å². The van der Waals surface area contributed by atoms with Gasteiger partial charge in [-0.1, -0.05) is 0 Å². The number of rotatable bonds is 1. The van der Waals surface area contributed by atoms with Gasteiger partial charge in [0, 0.05) is 0 Å². The molecule has 1 rings (SSSR count). The first-order valence-corrected chi connectivity index (χ1v) is 3.86. The van der Waals surface area contributed by atoms with E-state index in [1.807, 2.05) is 5.43 Å². The number of nitrogen functional groups attached to an aromatic ring is 1. The van der Waals surface area contributed by atoms with Gasteiger partial charge in [-0.2, -0.15) is 23.4 Å². The fourth-order valence-electron chi connectivity index (χ4n) is 0.508. The number of carbonyl (C=O) groups is 2. The van der Waals surface area contributed by atoms with E-state index in [-0.39, 0.29) is 5.91 Å². The molecule has 4 N–H and O–H groups in total. The second kappa shape index (κ2) is 6.37. The smallest absolute Gasteiger partial charge is 0.475 e. The molecule has 17 heavy (non-hydrogen) atoms. The molecule has 94 valence electrons. The molecule has 0 aliphatic rings. The molecule has 0 aromatic carbocycles. The largest absolute Gasteiger partial charge is 0.490 e. The molecule has 0 radical (unpaired) electrons. The van der Waals surface area contributed by atoms with Crippen LogP contribution in [-0.4, -0.2) is 33.4 Å². The fourth-order valence-corrected chi connectivity index (χ4v) is 0.508. The summed E-state index contributed by atoms with van der Waals surface area (Å²) in [5, 5.41) is 14.1. The van der Waals surface area contributed by atoms with Gasteiger partial charge in [0.1, 0.15) is 0 Å². The maximum absolute atomic E-state index is 10.7. The Morgan fingerprint density at radius 3 is 2.18 bits per heavy atom. The highest BCUT2D eigenvalue weighted by atomic mass is 19.4. The van der Waals surface area contributed by atoms with Crippen LogP contribution in [0.4, 0.5) is 13.2 Å².